The molecule has 2 atom stereocenters. The highest BCUT2D eigenvalue weighted by Crippen LogP contribution is 2.30. The fraction of sp³-hybridized carbons (Fsp3) is 0.714. The summed E-state index contributed by atoms with van der Waals surface area (Å²) in [4.78, 5) is 3.33. The number of likely N-dealkylation sites (N-methyl/N-ethyl adjacent to an activating group) is 1. The first-order valence-electron chi connectivity index (χ1n) is 7.37. The first-order chi connectivity index (χ1) is 10.0. The molecular formula is C14H22N2O3S2. The molecule has 0 unspecified atom stereocenters. The number of sulfonamides is 1. The van der Waals surface area contributed by atoms with E-state index in [2.05, 4.69) is 11.9 Å². The summed E-state index contributed by atoms with van der Waals surface area (Å²) < 4.78 is 33.8. The molecule has 2 aliphatic rings. The van der Waals surface area contributed by atoms with Crippen molar-refractivity contribution in [3.63, 3.8) is 0 Å². The maximum atomic E-state index is 13.0. The highest BCUT2D eigenvalue weighted by atomic mass is 32.2. The second kappa shape index (κ2) is 5.96. The van der Waals surface area contributed by atoms with Crippen LogP contribution in [0.2, 0.25) is 0 Å². The van der Waals surface area contributed by atoms with Gasteiger partial charge in [0.2, 0.25) is 0 Å². The van der Waals surface area contributed by atoms with Crippen molar-refractivity contribution in [2.24, 2.45) is 5.92 Å². The van der Waals surface area contributed by atoms with Crippen molar-refractivity contribution < 1.29 is 13.2 Å². The molecule has 1 aromatic rings. The zero-order valence-electron chi connectivity index (χ0n) is 12.5. The Morgan fingerprint density at radius 2 is 2.10 bits per heavy atom. The summed E-state index contributed by atoms with van der Waals surface area (Å²) in [5.74, 6) is 0.253. The molecule has 0 amide bonds. The molecule has 5 nitrogen and oxygen atoms in total. The van der Waals surface area contributed by atoms with E-state index in [1.165, 1.54) is 11.3 Å². The van der Waals surface area contributed by atoms with Crippen molar-refractivity contribution in [1.82, 2.24) is 9.21 Å². The normalized spacial score (nSPS) is 28.5. The minimum Gasteiger partial charge on any atom is -0.379 e. The van der Waals surface area contributed by atoms with E-state index in [1.807, 2.05) is 13.0 Å². The summed E-state index contributed by atoms with van der Waals surface area (Å²) >= 11 is 1.39. The number of nitrogens with zero attached hydrogens (tertiary/aromatic N) is 2. The predicted octanol–water partition coefficient (Wildman–Crippen LogP) is 1.26. The van der Waals surface area contributed by atoms with E-state index in [-0.39, 0.29) is 12.0 Å². The molecule has 0 aliphatic carbocycles. The Labute approximate surface area is 130 Å². The van der Waals surface area contributed by atoms with Crippen molar-refractivity contribution in [3.05, 3.63) is 17.0 Å². The first kappa shape index (κ1) is 15.4. The largest absolute Gasteiger partial charge is 0.379 e. The Hall–Kier alpha value is -0.470. The lowest BCUT2D eigenvalue weighted by atomic mass is 10.1. The Morgan fingerprint density at radius 3 is 2.81 bits per heavy atom. The van der Waals surface area contributed by atoms with Gasteiger partial charge in [-0.25, -0.2) is 8.42 Å². The van der Waals surface area contributed by atoms with Gasteiger partial charge in [-0.2, -0.15) is 4.31 Å². The standard InChI is InChI=1S/C14H22N2O3S2/c1-3-13-4-5-14(20-13)21(17,18)16-7-11-6-15(2)8-12(16)10-19-9-11/h4-5,11-12H,3,6-10H2,1-2H3/t11-,12-/m0/s1. The lowest BCUT2D eigenvalue weighted by Crippen LogP contribution is -2.45. The average Bonchev–Trinajstić information content (AvgIpc) is 2.75. The highest BCUT2D eigenvalue weighted by Gasteiger charge is 2.39. The topological polar surface area (TPSA) is 49.9 Å². The van der Waals surface area contributed by atoms with Crippen LogP contribution >= 0.6 is 11.3 Å². The van der Waals surface area contributed by atoms with Gasteiger partial charge in [-0.05, 0) is 25.6 Å². The van der Waals surface area contributed by atoms with Gasteiger partial charge in [0.15, 0.2) is 0 Å². The molecular weight excluding hydrogens is 308 g/mol. The third-order valence-corrected chi connectivity index (χ3v) is 7.77. The number of ether oxygens (including phenoxy) is 1. The van der Waals surface area contributed by atoms with E-state index in [0.29, 0.717) is 24.0 Å². The Balaban J connectivity index is 1.93. The van der Waals surface area contributed by atoms with Crippen LogP contribution in [0.15, 0.2) is 16.3 Å². The molecule has 3 heterocycles. The molecule has 0 aromatic carbocycles. The monoisotopic (exact) mass is 330 g/mol. The third kappa shape index (κ3) is 3.03. The van der Waals surface area contributed by atoms with Crippen LogP contribution in [0.1, 0.15) is 11.8 Å². The quantitative estimate of drug-likeness (QED) is 0.837. The molecule has 7 heteroatoms. The van der Waals surface area contributed by atoms with Gasteiger partial charge >= 0.3 is 0 Å². The van der Waals surface area contributed by atoms with Gasteiger partial charge < -0.3 is 9.64 Å². The number of hydrogen-bond donors (Lipinski definition) is 0. The Bertz CT molecular complexity index is 599. The minimum atomic E-state index is -3.41. The number of hydrogen-bond acceptors (Lipinski definition) is 5. The molecule has 0 spiro atoms. The van der Waals surface area contributed by atoms with Crippen LogP contribution in [-0.2, 0) is 21.2 Å². The number of thiophene rings is 1. The maximum Gasteiger partial charge on any atom is 0.252 e. The smallest absolute Gasteiger partial charge is 0.252 e. The number of rotatable bonds is 3. The van der Waals surface area contributed by atoms with Gasteiger partial charge in [-0.15, -0.1) is 11.3 Å². The zero-order chi connectivity index (χ0) is 15.0. The SMILES string of the molecule is CCc1ccc(S(=O)(=O)N2C[C@H]3COC[C@@H]2CN(C)C3)s1. The predicted molar refractivity (Wildman–Crippen MR) is 83.2 cm³/mol. The van der Waals surface area contributed by atoms with Crippen LogP contribution in [0.4, 0.5) is 0 Å². The first-order valence-corrected chi connectivity index (χ1v) is 9.63. The van der Waals surface area contributed by atoms with Crippen LogP contribution < -0.4 is 0 Å². The molecule has 2 aliphatic heterocycles. The molecule has 2 saturated heterocycles. The van der Waals surface area contributed by atoms with Gasteiger partial charge in [0.25, 0.3) is 10.0 Å². The Kier molecular flexibility index (Phi) is 4.38. The second-order valence-corrected chi connectivity index (χ2v) is 9.21. The van der Waals surface area contributed by atoms with Crippen molar-refractivity contribution in [2.45, 2.75) is 23.6 Å². The average molecular weight is 330 g/mol. The zero-order valence-corrected chi connectivity index (χ0v) is 14.1. The second-order valence-electron chi connectivity index (χ2n) is 5.93. The molecule has 1 aromatic heterocycles. The molecule has 2 fully saturated rings. The minimum absolute atomic E-state index is 0.0836. The molecule has 3 rings (SSSR count). The molecule has 21 heavy (non-hydrogen) atoms. The van der Waals surface area contributed by atoms with Crippen molar-refractivity contribution in [3.8, 4) is 0 Å². The van der Waals surface area contributed by atoms with E-state index in [9.17, 15) is 8.42 Å². The van der Waals surface area contributed by atoms with E-state index < -0.39 is 10.0 Å². The van der Waals surface area contributed by atoms with Gasteiger partial charge in [0.1, 0.15) is 4.21 Å². The highest BCUT2D eigenvalue weighted by molar-refractivity contribution is 7.91. The Morgan fingerprint density at radius 1 is 1.29 bits per heavy atom. The number of aryl methyl sites for hydroxylation is 1. The summed E-state index contributed by atoms with van der Waals surface area (Å²) in [6.45, 7) is 5.39. The van der Waals surface area contributed by atoms with Gasteiger partial charge in [0, 0.05) is 30.4 Å². The summed E-state index contributed by atoms with van der Waals surface area (Å²) in [7, 11) is -1.35. The maximum absolute atomic E-state index is 13.0. The lowest BCUT2D eigenvalue weighted by molar-refractivity contribution is 0.0659. The van der Waals surface area contributed by atoms with E-state index in [1.54, 1.807) is 10.4 Å². The summed E-state index contributed by atoms with van der Waals surface area (Å²) in [5.41, 5.74) is 0. The lowest BCUT2D eigenvalue weighted by Gasteiger charge is -2.28. The van der Waals surface area contributed by atoms with E-state index in [4.69, 9.17) is 4.74 Å². The van der Waals surface area contributed by atoms with Crippen molar-refractivity contribution in [1.29, 1.82) is 0 Å². The summed E-state index contributed by atoms with van der Waals surface area (Å²) in [5, 5.41) is 0. The van der Waals surface area contributed by atoms with Gasteiger partial charge in [0.05, 0.1) is 19.3 Å². The summed E-state index contributed by atoms with van der Waals surface area (Å²) in [6.07, 6.45) is 0.873. The number of fused-ring (bicyclic) bond motifs is 3. The van der Waals surface area contributed by atoms with Crippen molar-refractivity contribution >= 4 is 21.4 Å². The third-order valence-electron chi connectivity index (χ3n) is 4.15. The van der Waals surface area contributed by atoms with Crippen molar-refractivity contribution in [2.75, 3.05) is 39.9 Å². The molecule has 2 bridgehead atoms. The van der Waals surface area contributed by atoms with Crippen LogP contribution in [0.25, 0.3) is 0 Å². The summed E-state index contributed by atoms with van der Waals surface area (Å²) in [6, 6.07) is 3.59. The molecule has 118 valence electrons. The van der Waals surface area contributed by atoms with Crippen LogP contribution in [0.5, 0.6) is 0 Å². The molecule has 0 radical (unpaired) electrons. The molecule has 0 N–H and O–H groups in total. The van der Waals surface area contributed by atoms with Crippen LogP contribution in [0.3, 0.4) is 0 Å². The van der Waals surface area contributed by atoms with E-state index >= 15 is 0 Å². The fourth-order valence-corrected chi connectivity index (χ4v) is 6.24. The van der Waals surface area contributed by atoms with Gasteiger partial charge in [-0.1, -0.05) is 6.92 Å². The van der Waals surface area contributed by atoms with Crippen LogP contribution in [0, 0.1) is 5.92 Å². The van der Waals surface area contributed by atoms with E-state index in [0.717, 1.165) is 24.4 Å². The van der Waals surface area contributed by atoms with Crippen LogP contribution in [-0.4, -0.2) is 63.6 Å². The fourth-order valence-electron chi connectivity index (χ4n) is 3.14. The molecule has 0 saturated carbocycles. The van der Waals surface area contributed by atoms with Gasteiger partial charge in [-0.3, -0.25) is 0 Å².